The van der Waals surface area contributed by atoms with Crippen molar-refractivity contribution in [1.82, 2.24) is 25.0 Å². The van der Waals surface area contributed by atoms with E-state index in [1.807, 2.05) is 4.90 Å². The Bertz CT molecular complexity index is 1070. The van der Waals surface area contributed by atoms with Gasteiger partial charge in [-0.15, -0.1) is 0 Å². The Labute approximate surface area is 164 Å². The SMILES string of the molecule is O=C1c2ccc(F)nc2CC[C@H]2CC[C@@H](c3nc(-c4ccc(F)cn4)no3)CN12. The normalized spacial score (nSPS) is 21.4. The van der Waals surface area contributed by atoms with E-state index in [-0.39, 0.29) is 23.7 Å². The number of hydrogen-bond donors (Lipinski definition) is 0. The molecule has 0 radical (unpaired) electrons. The Morgan fingerprint density at radius 3 is 2.79 bits per heavy atom. The summed E-state index contributed by atoms with van der Waals surface area (Å²) in [6.45, 7) is 0.443. The number of aromatic nitrogens is 4. The molecule has 1 amide bonds. The minimum atomic E-state index is -0.568. The van der Waals surface area contributed by atoms with E-state index in [0.29, 0.717) is 35.8 Å². The molecular formula is C20H17F2N5O2. The minimum Gasteiger partial charge on any atom is -0.339 e. The van der Waals surface area contributed by atoms with E-state index >= 15 is 0 Å². The molecule has 1 saturated heterocycles. The molecule has 0 aliphatic carbocycles. The summed E-state index contributed by atoms with van der Waals surface area (Å²) in [6.07, 6.45) is 4.01. The molecule has 3 aromatic heterocycles. The smallest absolute Gasteiger partial charge is 0.255 e. The van der Waals surface area contributed by atoms with Gasteiger partial charge < -0.3 is 9.42 Å². The van der Waals surface area contributed by atoms with E-state index in [1.54, 1.807) is 0 Å². The molecule has 1 fully saturated rings. The van der Waals surface area contributed by atoms with Gasteiger partial charge in [-0.3, -0.25) is 4.79 Å². The highest BCUT2D eigenvalue weighted by atomic mass is 19.1. The highest BCUT2D eigenvalue weighted by molar-refractivity contribution is 5.96. The standard InChI is InChI=1S/C20H17F2N5O2/c21-12-2-6-16(23-9-12)18-25-19(29-26-18)11-1-3-13-4-7-15-14(5-8-17(22)24-15)20(28)27(13)10-11/h2,5-6,8-9,11,13H,1,3-4,7,10H2/t11-,13-/m1/s1. The molecule has 9 heteroatoms. The highest BCUT2D eigenvalue weighted by Gasteiger charge is 2.37. The predicted molar refractivity (Wildman–Crippen MR) is 96.8 cm³/mol. The summed E-state index contributed by atoms with van der Waals surface area (Å²) in [5.74, 6) is -0.535. The van der Waals surface area contributed by atoms with E-state index in [0.717, 1.165) is 25.5 Å². The van der Waals surface area contributed by atoms with Crippen LogP contribution in [0.1, 0.15) is 47.1 Å². The summed E-state index contributed by atoms with van der Waals surface area (Å²) in [6, 6.07) is 5.59. The maximum atomic E-state index is 13.5. The van der Waals surface area contributed by atoms with Crippen LogP contribution in [0.3, 0.4) is 0 Å². The molecule has 2 aliphatic rings. The molecule has 5 rings (SSSR count). The summed E-state index contributed by atoms with van der Waals surface area (Å²) in [5, 5.41) is 3.95. The van der Waals surface area contributed by atoms with Crippen LogP contribution in [-0.2, 0) is 6.42 Å². The Kier molecular flexibility index (Phi) is 4.30. The number of pyridine rings is 2. The number of hydrogen-bond acceptors (Lipinski definition) is 6. The lowest BCUT2D eigenvalue weighted by Gasteiger charge is -2.37. The number of halogens is 2. The first-order valence-electron chi connectivity index (χ1n) is 9.50. The lowest BCUT2D eigenvalue weighted by atomic mass is 9.91. The van der Waals surface area contributed by atoms with Crippen molar-refractivity contribution in [2.24, 2.45) is 0 Å². The molecule has 2 aliphatic heterocycles. The zero-order chi connectivity index (χ0) is 20.0. The summed E-state index contributed by atoms with van der Waals surface area (Å²) in [4.78, 5) is 27.2. The number of fused-ring (bicyclic) bond motifs is 2. The molecule has 5 heterocycles. The number of nitrogens with zero attached hydrogens (tertiary/aromatic N) is 5. The van der Waals surface area contributed by atoms with Crippen LogP contribution >= 0.6 is 0 Å². The number of aryl methyl sites for hydroxylation is 1. The fraction of sp³-hybridized carbons (Fsp3) is 0.350. The second-order valence-corrected chi connectivity index (χ2v) is 7.37. The molecule has 0 saturated carbocycles. The lowest BCUT2D eigenvalue weighted by Crippen LogP contribution is -2.45. The fourth-order valence-corrected chi connectivity index (χ4v) is 4.11. The van der Waals surface area contributed by atoms with Crippen LogP contribution in [0, 0.1) is 11.8 Å². The Morgan fingerprint density at radius 1 is 1.07 bits per heavy atom. The number of rotatable bonds is 2. The third-order valence-electron chi connectivity index (χ3n) is 5.60. The molecule has 0 aromatic carbocycles. The van der Waals surface area contributed by atoms with Gasteiger partial charge in [-0.05, 0) is 49.9 Å². The quantitative estimate of drug-likeness (QED) is 0.618. The summed E-state index contributed by atoms with van der Waals surface area (Å²) < 4.78 is 32.0. The third kappa shape index (κ3) is 3.26. The van der Waals surface area contributed by atoms with Crippen LogP contribution in [0.2, 0.25) is 0 Å². The fourth-order valence-electron chi connectivity index (χ4n) is 4.11. The molecule has 7 nitrogen and oxygen atoms in total. The topological polar surface area (TPSA) is 85.0 Å². The van der Waals surface area contributed by atoms with Crippen molar-refractivity contribution in [2.45, 2.75) is 37.6 Å². The van der Waals surface area contributed by atoms with Gasteiger partial charge >= 0.3 is 0 Å². The number of carbonyl (C=O) groups is 1. The monoisotopic (exact) mass is 397 g/mol. The van der Waals surface area contributed by atoms with E-state index in [9.17, 15) is 13.6 Å². The Hall–Kier alpha value is -3.23. The first-order valence-corrected chi connectivity index (χ1v) is 9.50. The third-order valence-corrected chi connectivity index (χ3v) is 5.60. The molecular weight excluding hydrogens is 380 g/mol. The van der Waals surface area contributed by atoms with E-state index in [4.69, 9.17) is 4.52 Å². The molecule has 0 N–H and O–H groups in total. The molecule has 3 aromatic rings. The van der Waals surface area contributed by atoms with Gasteiger partial charge in [0, 0.05) is 12.6 Å². The van der Waals surface area contributed by atoms with Gasteiger partial charge in [-0.1, -0.05) is 5.16 Å². The van der Waals surface area contributed by atoms with Crippen LogP contribution in [0.5, 0.6) is 0 Å². The average molecular weight is 397 g/mol. The van der Waals surface area contributed by atoms with Gasteiger partial charge in [0.15, 0.2) is 0 Å². The van der Waals surface area contributed by atoms with Gasteiger partial charge in [0.25, 0.3) is 5.91 Å². The van der Waals surface area contributed by atoms with E-state index in [1.165, 1.54) is 24.3 Å². The van der Waals surface area contributed by atoms with Gasteiger partial charge in [-0.25, -0.2) is 14.4 Å². The van der Waals surface area contributed by atoms with Crippen molar-refractivity contribution in [2.75, 3.05) is 6.54 Å². The molecule has 148 valence electrons. The second kappa shape index (κ2) is 6.98. The van der Waals surface area contributed by atoms with Gasteiger partial charge in [0.1, 0.15) is 11.5 Å². The summed E-state index contributed by atoms with van der Waals surface area (Å²) in [7, 11) is 0. The van der Waals surface area contributed by atoms with Crippen molar-refractivity contribution in [3.05, 3.63) is 59.4 Å². The first-order chi connectivity index (χ1) is 14.1. The number of amides is 1. The average Bonchev–Trinajstić information content (AvgIpc) is 3.18. The second-order valence-electron chi connectivity index (χ2n) is 7.37. The minimum absolute atomic E-state index is 0.0807. The van der Waals surface area contributed by atoms with Crippen molar-refractivity contribution in [3.63, 3.8) is 0 Å². The van der Waals surface area contributed by atoms with Crippen molar-refractivity contribution in [1.29, 1.82) is 0 Å². The number of piperidine rings is 1. The van der Waals surface area contributed by atoms with Crippen molar-refractivity contribution < 1.29 is 18.1 Å². The zero-order valence-electron chi connectivity index (χ0n) is 15.4. The predicted octanol–water partition coefficient (Wildman–Crippen LogP) is 3.14. The largest absolute Gasteiger partial charge is 0.339 e. The summed E-state index contributed by atoms with van der Waals surface area (Å²) in [5.41, 5.74) is 1.39. The van der Waals surface area contributed by atoms with Crippen molar-refractivity contribution in [3.8, 4) is 11.5 Å². The van der Waals surface area contributed by atoms with Gasteiger partial charge in [-0.2, -0.15) is 9.37 Å². The highest BCUT2D eigenvalue weighted by Crippen LogP contribution is 2.34. The lowest BCUT2D eigenvalue weighted by molar-refractivity contribution is 0.0570. The Morgan fingerprint density at radius 2 is 1.97 bits per heavy atom. The van der Waals surface area contributed by atoms with E-state index < -0.39 is 11.8 Å². The maximum absolute atomic E-state index is 13.5. The van der Waals surface area contributed by atoms with Crippen LogP contribution in [-0.4, -0.2) is 43.5 Å². The van der Waals surface area contributed by atoms with Crippen LogP contribution < -0.4 is 0 Å². The summed E-state index contributed by atoms with van der Waals surface area (Å²) >= 11 is 0. The number of carbonyl (C=O) groups excluding carboxylic acids is 1. The molecule has 29 heavy (non-hydrogen) atoms. The Balaban J connectivity index is 1.39. The van der Waals surface area contributed by atoms with Gasteiger partial charge in [0.05, 0.1) is 23.4 Å². The van der Waals surface area contributed by atoms with E-state index in [2.05, 4.69) is 20.1 Å². The molecule has 0 bridgehead atoms. The molecule has 2 atom stereocenters. The van der Waals surface area contributed by atoms with Crippen LogP contribution in [0.25, 0.3) is 11.5 Å². The zero-order valence-corrected chi connectivity index (χ0v) is 15.4. The first kappa shape index (κ1) is 17.8. The molecule has 0 unspecified atom stereocenters. The van der Waals surface area contributed by atoms with Crippen LogP contribution in [0.4, 0.5) is 8.78 Å². The van der Waals surface area contributed by atoms with Gasteiger partial charge in [0.2, 0.25) is 17.7 Å². The maximum Gasteiger partial charge on any atom is 0.255 e. The molecule has 0 spiro atoms. The van der Waals surface area contributed by atoms with Crippen molar-refractivity contribution >= 4 is 5.91 Å². The van der Waals surface area contributed by atoms with Crippen LogP contribution in [0.15, 0.2) is 35.0 Å².